The van der Waals surface area contributed by atoms with Crippen molar-refractivity contribution in [1.82, 2.24) is 14.9 Å². The lowest BCUT2D eigenvalue weighted by Gasteiger charge is -2.12. The highest BCUT2D eigenvalue weighted by Crippen LogP contribution is 2.19. The molecular weight excluding hydrogens is 412 g/mol. The Balaban J connectivity index is 1.56. The van der Waals surface area contributed by atoms with Crippen LogP contribution in [0.1, 0.15) is 21.7 Å². The second-order valence-corrected chi connectivity index (χ2v) is 7.54. The van der Waals surface area contributed by atoms with Gasteiger partial charge < -0.3 is 15.2 Å². The molecular formula is C24H21ClN4O2. The van der Waals surface area contributed by atoms with E-state index in [-0.39, 0.29) is 24.9 Å². The zero-order valence-corrected chi connectivity index (χ0v) is 17.7. The highest BCUT2D eigenvalue weighted by atomic mass is 35.5. The van der Waals surface area contributed by atoms with Crippen LogP contribution in [0.3, 0.4) is 0 Å². The van der Waals surface area contributed by atoms with Crippen LogP contribution < -0.4 is 10.6 Å². The van der Waals surface area contributed by atoms with Crippen LogP contribution in [-0.4, -0.2) is 21.4 Å². The van der Waals surface area contributed by atoms with Gasteiger partial charge in [-0.15, -0.1) is 0 Å². The lowest BCUT2D eigenvalue weighted by molar-refractivity contribution is -0.116. The lowest BCUT2D eigenvalue weighted by Crippen LogP contribution is -2.27. The molecule has 0 atom stereocenters. The molecule has 0 unspecified atom stereocenters. The van der Waals surface area contributed by atoms with Gasteiger partial charge in [0.05, 0.1) is 28.2 Å². The first-order chi connectivity index (χ1) is 15.0. The van der Waals surface area contributed by atoms with Gasteiger partial charge in [0.1, 0.15) is 12.4 Å². The fourth-order valence-corrected chi connectivity index (χ4v) is 3.60. The van der Waals surface area contributed by atoms with Gasteiger partial charge in [-0.25, -0.2) is 4.98 Å². The molecule has 0 radical (unpaired) electrons. The summed E-state index contributed by atoms with van der Waals surface area (Å²) in [5, 5.41) is 6.18. The van der Waals surface area contributed by atoms with Gasteiger partial charge in [-0.05, 0) is 42.8 Å². The molecule has 0 aliphatic heterocycles. The number of halogens is 1. The summed E-state index contributed by atoms with van der Waals surface area (Å²) in [5.74, 6) is 0.117. The largest absolute Gasteiger partial charge is 0.345 e. The van der Waals surface area contributed by atoms with Crippen molar-refractivity contribution in [2.24, 2.45) is 0 Å². The number of fused-ring (bicyclic) bond motifs is 1. The van der Waals surface area contributed by atoms with Gasteiger partial charge in [-0.3, -0.25) is 9.59 Å². The van der Waals surface area contributed by atoms with Crippen molar-refractivity contribution >= 4 is 40.1 Å². The predicted octanol–water partition coefficient (Wildman–Crippen LogP) is 4.57. The third kappa shape index (κ3) is 4.59. The second-order valence-electron chi connectivity index (χ2n) is 7.13. The highest BCUT2D eigenvalue weighted by Gasteiger charge is 2.16. The first-order valence-electron chi connectivity index (χ1n) is 9.85. The molecule has 0 spiro atoms. The van der Waals surface area contributed by atoms with Gasteiger partial charge in [0, 0.05) is 5.69 Å². The van der Waals surface area contributed by atoms with Crippen molar-refractivity contribution in [3.05, 3.63) is 94.8 Å². The Bertz CT molecular complexity index is 1270. The Morgan fingerprint density at radius 2 is 1.68 bits per heavy atom. The molecule has 2 amide bonds. The van der Waals surface area contributed by atoms with Gasteiger partial charge >= 0.3 is 0 Å². The van der Waals surface area contributed by atoms with Crippen LogP contribution in [0, 0.1) is 6.92 Å². The molecule has 31 heavy (non-hydrogen) atoms. The van der Waals surface area contributed by atoms with Gasteiger partial charge in [-0.1, -0.05) is 54.1 Å². The maximum absolute atomic E-state index is 12.8. The summed E-state index contributed by atoms with van der Waals surface area (Å²) < 4.78 is 1.82. The zero-order valence-electron chi connectivity index (χ0n) is 16.9. The topological polar surface area (TPSA) is 76.0 Å². The number of carbonyl (C=O) groups excluding carboxylic acids is 2. The molecule has 0 saturated heterocycles. The number of carbonyl (C=O) groups is 2. The van der Waals surface area contributed by atoms with Crippen LogP contribution in [0.5, 0.6) is 0 Å². The first kappa shape index (κ1) is 20.6. The summed E-state index contributed by atoms with van der Waals surface area (Å²) in [7, 11) is 0. The summed E-state index contributed by atoms with van der Waals surface area (Å²) in [5.41, 5.74) is 3.73. The highest BCUT2D eigenvalue weighted by molar-refractivity contribution is 6.33. The maximum Gasteiger partial charge on any atom is 0.253 e. The number of aryl methyl sites for hydroxylation is 1. The molecule has 2 N–H and O–H groups in total. The standard InChI is InChI=1S/C24H21ClN4O2/c1-16-8-2-5-11-19(16)28-23(30)15-29-21-13-7-6-12-20(21)27-22(29)14-26-24(31)17-9-3-4-10-18(17)25/h2-13H,14-15H2,1H3,(H,26,31)(H,28,30). The number of imidazole rings is 1. The molecule has 1 aromatic heterocycles. The van der Waals surface area contributed by atoms with Crippen LogP contribution in [0.25, 0.3) is 11.0 Å². The van der Waals surface area contributed by atoms with Crippen LogP contribution in [0.4, 0.5) is 5.69 Å². The van der Waals surface area contributed by atoms with E-state index >= 15 is 0 Å². The average Bonchev–Trinajstić information content (AvgIpc) is 3.11. The maximum atomic E-state index is 12.8. The number of nitrogens with one attached hydrogen (secondary N) is 2. The number of amides is 2. The van der Waals surface area contributed by atoms with Crippen LogP contribution in [0.15, 0.2) is 72.8 Å². The molecule has 4 rings (SSSR count). The fraction of sp³-hybridized carbons (Fsp3) is 0.125. The quantitative estimate of drug-likeness (QED) is 0.468. The second kappa shape index (κ2) is 9.02. The van der Waals surface area contributed by atoms with Gasteiger partial charge in [0.2, 0.25) is 5.91 Å². The lowest BCUT2D eigenvalue weighted by atomic mass is 10.2. The molecule has 6 nitrogen and oxygen atoms in total. The summed E-state index contributed by atoms with van der Waals surface area (Å²) in [6.07, 6.45) is 0. The minimum Gasteiger partial charge on any atom is -0.345 e. The van der Waals surface area contributed by atoms with E-state index in [1.165, 1.54) is 0 Å². The molecule has 1 heterocycles. The van der Waals surface area contributed by atoms with E-state index < -0.39 is 0 Å². The number of para-hydroxylation sites is 3. The molecule has 0 aliphatic carbocycles. The number of aromatic nitrogens is 2. The van der Waals surface area contributed by atoms with Crippen molar-refractivity contribution in [2.75, 3.05) is 5.32 Å². The van der Waals surface area contributed by atoms with Crippen molar-refractivity contribution in [2.45, 2.75) is 20.0 Å². The van der Waals surface area contributed by atoms with Crippen molar-refractivity contribution in [3.63, 3.8) is 0 Å². The van der Waals surface area contributed by atoms with Crippen molar-refractivity contribution < 1.29 is 9.59 Å². The average molecular weight is 433 g/mol. The number of benzene rings is 3. The molecule has 0 bridgehead atoms. The van der Waals surface area contributed by atoms with Crippen LogP contribution >= 0.6 is 11.6 Å². The van der Waals surface area contributed by atoms with E-state index in [4.69, 9.17) is 11.6 Å². The third-order valence-electron chi connectivity index (χ3n) is 4.98. The number of anilines is 1. The molecule has 156 valence electrons. The Labute approximate surface area is 184 Å². The van der Waals surface area contributed by atoms with E-state index in [1.54, 1.807) is 24.3 Å². The number of rotatable bonds is 6. The van der Waals surface area contributed by atoms with Gasteiger partial charge in [0.15, 0.2) is 0 Å². The van der Waals surface area contributed by atoms with E-state index in [0.717, 1.165) is 22.3 Å². The first-order valence-corrected chi connectivity index (χ1v) is 10.2. The van der Waals surface area contributed by atoms with E-state index in [0.29, 0.717) is 16.4 Å². The normalized spacial score (nSPS) is 10.8. The summed E-state index contributed by atoms with van der Waals surface area (Å²) in [6, 6.07) is 22.0. The monoisotopic (exact) mass is 432 g/mol. The summed E-state index contributed by atoms with van der Waals surface area (Å²) in [6.45, 7) is 2.18. The van der Waals surface area contributed by atoms with Crippen molar-refractivity contribution in [3.8, 4) is 0 Å². The number of nitrogens with zero attached hydrogens (tertiary/aromatic N) is 2. The number of hydrogen-bond acceptors (Lipinski definition) is 3. The van der Waals surface area contributed by atoms with Gasteiger partial charge in [-0.2, -0.15) is 0 Å². The molecule has 0 saturated carbocycles. The minimum absolute atomic E-state index is 0.0755. The van der Waals surface area contributed by atoms with Gasteiger partial charge in [0.25, 0.3) is 5.91 Å². The number of hydrogen-bond donors (Lipinski definition) is 2. The summed E-state index contributed by atoms with van der Waals surface area (Å²) >= 11 is 6.12. The van der Waals surface area contributed by atoms with E-state index in [2.05, 4.69) is 15.6 Å². The molecule has 0 fully saturated rings. The molecule has 3 aromatic carbocycles. The van der Waals surface area contributed by atoms with Crippen LogP contribution in [-0.2, 0) is 17.9 Å². The minimum atomic E-state index is -0.298. The Morgan fingerprint density at radius 3 is 2.48 bits per heavy atom. The SMILES string of the molecule is Cc1ccccc1NC(=O)Cn1c(CNC(=O)c2ccccc2Cl)nc2ccccc21. The van der Waals surface area contributed by atoms with E-state index in [9.17, 15) is 9.59 Å². The Kier molecular flexibility index (Phi) is 6.00. The Hall–Kier alpha value is -3.64. The smallest absolute Gasteiger partial charge is 0.253 e. The zero-order chi connectivity index (χ0) is 21.8. The van der Waals surface area contributed by atoms with Crippen LogP contribution in [0.2, 0.25) is 5.02 Å². The molecule has 7 heteroatoms. The predicted molar refractivity (Wildman–Crippen MR) is 122 cm³/mol. The third-order valence-corrected chi connectivity index (χ3v) is 5.31. The fourth-order valence-electron chi connectivity index (χ4n) is 3.38. The Morgan fingerprint density at radius 1 is 0.968 bits per heavy atom. The summed E-state index contributed by atoms with van der Waals surface area (Å²) in [4.78, 5) is 29.9. The van der Waals surface area contributed by atoms with Crippen molar-refractivity contribution in [1.29, 1.82) is 0 Å². The van der Waals surface area contributed by atoms with E-state index in [1.807, 2.05) is 60.0 Å². The molecule has 4 aromatic rings. The molecule has 0 aliphatic rings.